The number of hydrogen-bond acceptors (Lipinski definition) is 9. The lowest BCUT2D eigenvalue weighted by molar-refractivity contribution is -0.120. The van der Waals surface area contributed by atoms with Crippen LogP contribution < -0.4 is 10.2 Å². The van der Waals surface area contributed by atoms with Crippen molar-refractivity contribution in [2.75, 3.05) is 37.5 Å². The minimum Gasteiger partial charge on any atom is -0.465 e. The molecule has 10 heteroatoms. The summed E-state index contributed by atoms with van der Waals surface area (Å²) < 4.78 is 9.54. The zero-order valence-electron chi connectivity index (χ0n) is 19.4. The molecule has 2 aromatic heterocycles. The van der Waals surface area contributed by atoms with Gasteiger partial charge in [-0.3, -0.25) is 9.78 Å². The summed E-state index contributed by atoms with van der Waals surface area (Å²) in [5.41, 5.74) is 2.23. The third-order valence-corrected chi connectivity index (χ3v) is 5.90. The molecule has 4 rings (SSSR count). The van der Waals surface area contributed by atoms with Crippen molar-refractivity contribution in [3.63, 3.8) is 0 Å². The lowest BCUT2D eigenvalue weighted by Gasteiger charge is -2.32. The quantitative estimate of drug-likeness (QED) is 0.536. The molecule has 3 aromatic rings. The van der Waals surface area contributed by atoms with Gasteiger partial charge in [0.05, 0.1) is 36.7 Å². The fourth-order valence-corrected chi connectivity index (χ4v) is 3.95. The average molecular weight is 476 g/mol. The van der Waals surface area contributed by atoms with Crippen LogP contribution in [-0.4, -0.2) is 60.3 Å². The van der Waals surface area contributed by atoms with Crippen LogP contribution in [-0.2, 0) is 14.3 Å². The second-order valence-electron chi connectivity index (χ2n) is 8.01. The van der Waals surface area contributed by atoms with Crippen LogP contribution >= 0.6 is 0 Å². The van der Waals surface area contributed by atoms with E-state index in [9.17, 15) is 14.4 Å². The van der Waals surface area contributed by atoms with Crippen molar-refractivity contribution in [2.24, 2.45) is 5.92 Å². The number of amides is 1. The molecule has 0 saturated carbocycles. The molecule has 1 amide bonds. The summed E-state index contributed by atoms with van der Waals surface area (Å²) >= 11 is 0. The predicted molar refractivity (Wildman–Crippen MR) is 128 cm³/mol. The molecule has 0 atom stereocenters. The number of benzene rings is 1. The molecule has 180 valence electrons. The van der Waals surface area contributed by atoms with E-state index < -0.39 is 11.9 Å². The zero-order chi connectivity index (χ0) is 24.8. The first-order chi connectivity index (χ1) is 17.0. The number of nitrogens with zero attached hydrogens (tertiary/aromatic N) is 4. The molecule has 1 aromatic carbocycles. The topological polar surface area (TPSA) is 124 Å². The number of esters is 2. The Kier molecular flexibility index (Phi) is 7.30. The van der Waals surface area contributed by atoms with Crippen LogP contribution in [0.2, 0.25) is 0 Å². The van der Waals surface area contributed by atoms with E-state index in [-0.39, 0.29) is 28.6 Å². The lowest BCUT2D eigenvalue weighted by Crippen LogP contribution is -2.38. The zero-order valence-corrected chi connectivity index (χ0v) is 19.4. The number of carbonyl (C=O) groups is 3. The number of hydrogen-bond donors (Lipinski definition) is 1. The first kappa shape index (κ1) is 23.8. The predicted octanol–water partition coefficient (Wildman–Crippen LogP) is 2.97. The van der Waals surface area contributed by atoms with Gasteiger partial charge < -0.3 is 19.7 Å². The first-order valence-electron chi connectivity index (χ1n) is 11.1. The smallest absolute Gasteiger partial charge is 0.339 e. The third kappa shape index (κ3) is 5.43. The molecular weight excluding hydrogens is 450 g/mol. The standard InChI is InChI=1S/C25H25N5O5/c1-34-24(32)17-5-6-19(25(33)35-2)21(14-17)27-23(31)16-9-12-30(13-10-16)22-8-7-20(28-29-22)18-4-3-11-26-15-18/h3-8,11,14-16H,9-10,12-13H2,1-2H3,(H,27,31). The summed E-state index contributed by atoms with van der Waals surface area (Å²) in [4.78, 5) is 43.2. The van der Waals surface area contributed by atoms with Gasteiger partial charge in [0.1, 0.15) is 0 Å². The molecule has 1 aliphatic heterocycles. The van der Waals surface area contributed by atoms with Gasteiger partial charge >= 0.3 is 11.9 Å². The van der Waals surface area contributed by atoms with Gasteiger partial charge in [0.15, 0.2) is 5.82 Å². The van der Waals surface area contributed by atoms with Gasteiger partial charge in [-0.15, -0.1) is 10.2 Å². The van der Waals surface area contributed by atoms with Crippen LogP contribution in [0, 0.1) is 5.92 Å². The molecule has 1 aliphatic rings. The maximum atomic E-state index is 13.0. The number of ether oxygens (including phenoxy) is 2. The largest absolute Gasteiger partial charge is 0.465 e. The van der Waals surface area contributed by atoms with Crippen molar-refractivity contribution >= 4 is 29.4 Å². The van der Waals surface area contributed by atoms with Crippen LogP contribution in [0.1, 0.15) is 33.6 Å². The molecule has 0 bridgehead atoms. The number of rotatable bonds is 6. The van der Waals surface area contributed by atoms with Crippen molar-refractivity contribution < 1.29 is 23.9 Å². The summed E-state index contributed by atoms with van der Waals surface area (Å²) in [6, 6.07) is 11.9. The number of carbonyl (C=O) groups excluding carboxylic acids is 3. The maximum absolute atomic E-state index is 13.0. The Labute approximate surface area is 202 Å². The molecule has 0 spiro atoms. The number of aromatic nitrogens is 3. The van der Waals surface area contributed by atoms with Crippen molar-refractivity contribution in [1.82, 2.24) is 15.2 Å². The van der Waals surface area contributed by atoms with Crippen molar-refractivity contribution in [3.05, 3.63) is 66.0 Å². The Balaban J connectivity index is 1.40. The molecule has 1 fully saturated rings. The van der Waals surface area contributed by atoms with Gasteiger partial charge in [-0.1, -0.05) is 0 Å². The first-order valence-corrected chi connectivity index (χ1v) is 11.1. The van der Waals surface area contributed by atoms with Crippen LogP contribution in [0.15, 0.2) is 54.9 Å². The highest BCUT2D eigenvalue weighted by atomic mass is 16.5. The van der Waals surface area contributed by atoms with E-state index in [0.29, 0.717) is 25.9 Å². The molecule has 1 N–H and O–H groups in total. The highest BCUT2D eigenvalue weighted by Crippen LogP contribution is 2.26. The molecule has 0 radical (unpaired) electrons. The summed E-state index contributed by atoms with van der Waals surface area (Å²) in [7, 11) is 2.52. The number of methoxy groups -OCH3 is 2. The summed E-state index contributed by atoms with van der Waals surface area (Å²) in [6.45, 7) is 1.26. The highest BCUT2D eigenvalue weighted by Gasteiger charge is 2.27. The van der Waals surface area contributed by atoms with Crippen molar-refractivity contribution in [3.8, 4) is 11.3 Å². The second kappa shape index (κ2) is 10.7. The van der Waals surface area contributed by atoms with E-state index >= 15 is 0 Å². The van der Waals surface area contributed by atoms with E-state index in [1.807, 2.05) is 24.3 Å². The molecular formula is C25H25N5O5. The molecule has 0 aliphatic carbocycles. The molecule has 0 unspecified atom stereocenters. The highest BCUT2D eigenvalue weighted by molar-refractivity contribution is 6.04. The van der Waals surface area contributed by atoms with E-state index in [1.54, 1.807) is 12.4 Å². The average Bonchev–Trinajstić information content (AvgIpc) is 2.92. The number of pyridine rings is 1. The van der Waals surface area contributed by atoms with E-state index in [2.05, 4.69) is 25.4 Å². The third-order valence-electron chi connectivity index (χ3n) is 5.90. The van der Waals surface area contributed by atoms with E-state index in [0.717, 1.165) is 17.1 Å². The van der Waals surface area contributed by atoms with Crippen molar-refractivity contribution in [2.45, 2.75) is 12.8 Å². The minimum absolute atomic E-state index is 0.162. The molecule has 3 heterocycles. The van der Waals surface area contributed by atoms with Gasteiger partial charge in [-0.25, -0.2) is 9.59 Å². The number of anilines is 2. The van der Waals surface area contributed by atoms with Crippen molar-refractivity contribution in [1.29, 1.82) is 0 Å². The Morgan fingerprint density at radius 2 is 1.74 bits per heavy atom. The normalized spacial score (nSPS) is 13.7. The Morgan fingerprint density at radius 3 is 2.37 bits per heavy atom. The summed E-state index contributed by atoms with van der Waals surface area (Å²) in [6.07, 6.45) is 4.64. The maximum Gasteiger partial charge on any atom is 0.339 e. The van der Waals surface area contributed by atoms with Gasteiger partial charge in [-0.05, 0) is 55.3 Å². The number of piperidine rings is 1. The Bertz CT molecular complexity index is 1210. The van der Waals surface area contributed by atoms with Gasteiger partial charge in [0.25, 0.3) is 0 Å². The SMILES string of the molecule is COC(=O)c1ccc(C(=O)OC)c(NC(=O)C2CCN(c3ccc(-c4cccnc4)nn3)CC2)c1. The Morgan fingerprint density at radius 1 is 0.971 bits per heavy atom. The molecule has 35 heavy (non-hydrogen) atoms. The van der Waals surface area contributed by atoms with Gasteiger partial charge in [0.2, 0.25) is 5.91 Å². The van der Waals surface area contributed by atoms with E-state index in [4.69, 9.17) is 9.47 Å². The van der Waals surface area contributed by atoms with Gasteiger partial charge in [-0.2, -0.15) is 0 Å². The van der Waals surface area contributed by atoms with Crippen LogP contribution in [0.25, 0.3) is 11.3 Å². The number of nitrogens with one attached hydrogen (secondary N) is 1. The fraction of sp³-hybridized carbons (Fsp3) is 0.280. The molecule has 1 saturated heterocycles. The van der Waals surface area contributed by atoms with E-state index in [1.165, 1.54) is 32.4 Å². The van der Waals surface area contributed by atoms with Gasteiger partial charge in [0, 0.05) is 37.0 Å². The monoisotopic (exact) mass is 475 g/mol. The minimum atomic E-state index is -0.611. The van der Waals surface area contributed by atoms with Crippen LogP contribution in [0.4, 0.5) is 11.5 Å². The fourth-order valence-electron chi connectivity index (χ4n) is 3.95. The summed E-state index contributed by atoms with van der Waals surface area (Å²) in [5.74, 6) is -0.924. The summed E-state index contributed by atoms with van der Waals surface area (Å²) in [5, 5.41) is 11.4. The van der Waals surface area contributed by atoms with Crippen LogP contribution in [0.5, 0.6) is 0 Å². The molecule has 10 nitrogen and oxygen atoms in total. The van der Waals surface area contributed by atoms with Crippen LogP contribution in [0.3, 0.4) is 0 Å². The second-order valence-corrected chi connectivity index (χ2v) is 8.01. The Hall–Kier alpha value is -4.34. The lowest BCUT2D eigenvalue weighted by atomic mass is 9.95.